The number of anilines is 1. The van der Waals surface area contributed by atoms with Crippen LogP contribution in [0.5, 0.6) is 0 Å². The molecular formula is C21H27NOS. The molecule has 0 aliphatic rings. The second-order valence-electron chi connectivity index (χ2n) is 6.24. The summed E-state index contributed by atoms with van der Waals surface area (Å²) in [5.74, 6) is 1.06. The number of rotatable bonds is 9. The van der Waals surface area contributed by atoms with Crippen molar-refractivity contribution >= 4 is 24.1 Å². The predicted molar refractivity (Wildman–Crippen MR) is 107 cm³/mol. The second kappa shape index (κ2) is 9.53. The van der Waals surface area contributed by atoms with Crippen LogP contribution in [-0.2, 0) is 0 Å². The third-order valence-corrected chi connectivity index (χ3v) is 4.53. The largest absolute Gasteiger partial charge is 0.385 e. The van der Waals surface area contributed by atoms with Crippen LogP contribution in [0.1, 0.15) is 52.7 Å². The molecule has 0 saturated heterocycles. The quantitative estimate of drug-likeness (QED) is 0.361. The number of hydrogen-bond donors (Lipinski definition) is 2. The first kappa shape index (κ1) is 18.6. The molecule has 2 rings (SSSR count). The summed E-state index contributed by atoms with van der Waals surface area (Å²) in [5.41, 5.74) is 4.92. The molecule has 0 heterocycles. The maximum absolute atomic E-state index is 12.6. The van der Waals surface area contributed by atoms with Gasteiger partial charge in [-0.25, -0.2) is 0 Å². The molecular weight excluding hydrogens is 314 g/mol. The van der Waals surface area contributed by atoms with Gasteiger partial charge in [-0.3, -0.25) is 4.79 Å². The smallest absolute Gasteiger partial charge is 0.193 e. The number of ketones is 1. The van der Waals surface area contributed by atoms with Gasteiger partial charge in [0.05, 0.1) is 0 Å². The van der Waals surface area contributed by atoms with Crippen LogP contribution in [0.3, 0.4) is 0 Å². The zero-order chi connectivity index (χ0) is 17.4. The van der Waals surface area contributed by atoms with Gasteiger partial charge in [-0.15, -0.1) is 0 Å². The van der Waals surface area contributed by atoms with Gasteiger partial charge in [0.2, 0.25) is 0 Å². The van der Waals surface area contributed by atoms with Crippen molar-refractivity contribution < 1.29 is 4.79 Å². The molecule has 0 aliphatic heterocycles. The molecule has 2 aromatic rings. The van der Waals surface area contributed by atoms with Crippen molar-refractivity contribution in [1.29, 1.82) is 0 Å². The van der Waals surface area contributed by atoms with Crippen molar-refractivity contribution in [3.8, 4) is 0 Å². The van der Waals surface area contributed by atoms with Crippen LogP contribution in [0.25, 0.3) is 0 Å². The van der Waals surface area contributed by atoms with Crippen LogP contribution in [-0.4, -0.2) is 18.1 Å². The Bertz CT molecular complexity index is 644. The van der Waals surface area contributed by atoms with E-state index in [2.05, 4.69) is 31.8 Å². The Labute approximate surface area is 151 Å². The van der Waals surface area contributed by atoms with Gasteiger partial charge in [0.15, 0.2) is 5.78 Å². The Kier molecular flexibility index (Phi) is 7.38. The van der Waals surface area contributed by atoms with Crippen LogP contribution < -0.4 is 5.32 Å². The Morgan fingerprint density at radius 1 is 0.917 bits per heavy atom. The number of aryl methyl sites for hydroxylation is 2. The molecule has 1 N–H and O–H groups in total. The van der Waals surface area contributed by atoms with E-state index in [1.54, 1.807) is 0 Å². The molecule has 0 bridgehead atoms. The predicted octanol–water partition coefficient (Wildman–Crippen LogP) is 5.44. The molecule has 0 amide bonds. The zero-order valence-corrected chi connectivity index (χ0v) is 15.5. The molecule has 2 aromatic carbocycles. The fourth-order valence-corrected chi connectivity index (χ4v) is 3.16. The first-order valence-corrected chi connectivity index (χ1v) is 9.32. The summed E-state index contributed by atoms with van der Waals surface area (Å²) < 4.78 is 0. The van der Waals surface area contributed by atoms with Crippen LogP contribution in [0.2, 0.25) is 0 Å². The summed E-state index contributed by atoms with van der Waals surface area (Å²) in [7, 11) is 0. The van der Waals surface area contributed by atoms with Gasteiger partial charge >= 0.3 is 0 Å². The molecule has 0 radical (unpaired) electrons. The number of carbonyl (C=O) groups excluding carboxylic acids is 1. The number of hydrogen-bond acceptors (Lipinski definition) is 3. The third-order valence-electron chi connectivity index (χ3n) is 4.22. The highest BCUT2D eigenvalue weighted by molar-refractivity contribution is 7.80. The summed E-state index contributed by atoms with van der Waals surface area (Å²) >= 11 is 4.24. The van der Waals surface area contributed by atoms with Gasteiger partial charge in [0.1, 0.15) is 0 Å². The number of carbonyl (C=O) groups is 1. The van der Waals surface area contributed by atoms with E-state index in [4.69, 9.17) is 0 Å². The number of benzene rings is 2. The maximum atomic E-state index is 12.6. The molecule has 0 spiro atoms. The molecule has 0 aromatic heterocycles. The highest BCUT2D eigenvalue weighted by atomic mass is 32.1. The van der Waals surface area contributed by atoms with Gasteiger partial charge in [0, 0.05) is 23.4 Å². The molecule has 24 heavy (non-hydrogen) atoms. The van der Waals surface area contributed by atoms with Crippen molar-refractivity contribution in [2.75, 3.05) is 17.6 Å². The normalized spacial score (nSPS) is 10.6. The number of nitrogens with one attached hydrogen (secondary N) is 1. The van der Waals surface area contributed by atoms with Crippen LogP contribution in [0, 0.1) is 13.8 Å². The van der Waals surface area contributed by atoms with Crippen molar-refractivity contribution in [3.05, 3.63) is 64.7 Å². The van der Waals surface area contributed by atoms with Gasteiger partial charge in [-0.1, -0.05) is 43.2 Å². The van der Waals surface area contributed by atoms with Crippen molar-refractivity contribution in [1.82, 2.24) is 0 Å². The molecule has 0 atom stereocenters. The fourth-order valence-electron chi connectivity index (χ4n) is 2.93. The Hall–Kier alpha value is -1.74. The van der Waals surface area contributed by atoms with Crippen LogP contribution in [0.4, 0.5) is 5.69 Å². The highest BCUT2D eigenvalue weighted by Gasteiger charge is 2.12. The maximum Gasteiger partial charge on any atom is 0.193 e. The van der Waals surface area contributed by atoms with E-state index in [9.17, 15) is 4.79 Å². The Balaban J connectivity index is 2.02. The fraction of sp³-hybridized carbons (Fsp3) is 0.381. The summed E-state index contributed by atoms with van der Waals surface area (Å²) in [6.45, 7) is 5.11. The molecule has 2 nitrogen and oxygen atoms in total. The van der Waals surface area contributed by atoms with Crippen molar-refractivity contribution in [2.45, 2.75) is 39.5 Å². The summed E-state index contributed by atoms with van der Waals surface area (Å²) in [5, 5.41) is 3.53. The molecule has 0 saturated carbocycles. The van der Waals surface area contributed by atoms with E-state index >= 15 is 0 Å². The SMILES string of the molecule is Cc1cc(C(=O)c2ccccc2)cc(C)c1NCCCCCCS. The standard InChI is InChI=1S/C21H27NOS/c1-16-14-19(21(23)18-10-6-5-7-11-18)15-17(2)20(16)22-12-8-3-4-9-13-24/h5-7,10-11,14-15,22,24H,3-4,8-9,12-13H2,1-2H3. The average molecular weight is 342 g/mol. The molecule has 3 heteroatoms. The minimum atomic E-state index is 0.0834. The molecule has 128 valence electrons. The lowest BCUT2D eigenvalue weighted by molar-refractivity contribution is 0.103. The van der Waals surface area contributed by atoms with E-state index in [0.717, 1.165) is 46.7 Å². The summed E-state index contributed by atoms with van der Waals surface area (Å²) in [6, 6.07) is 13.4. The minimum Gasteiger partial charge on any atom is -0.385 e. The van der Waals surface area contributed by atoms with Gasteiger partial charge in [-0.05, 0) is 55.7 Å². The number of thiol groups is 1. The first-order valence-electron chi connectivity index (χ1n) is 8.69. The third kappa shape index (κ3) is 5.13. The van der Waals surface area contributed by atoms with Crippen molar-refractivity contribution in [2.24, 2.45) is 0 Å². The monoisotopic (exact) mass is 341 g/mol. The van der Waals surface area contributed by atoms with E-state index in [0.29, 0.717) is 0 Å². The summed E-state index contributed by atoms with van der Waals surface area (Å²) in [6.07, 6.45) is 4.83. The molecule has 0 unspecified atom stereocenters. The minimum absolute atomic E-state index is 0.0834. The highest BCUT2D eigenvalue weighted by Crippen LogP contribution is 2.24. The summed E-state index contributed by atoms with van der Waals surface area (Å²) in [4.78, 5) is 12.6. The Morgan fingerprint density at radius 3 is 2.17 bits per heavy atom. The zero-order valence-electron chi connectivity index (χ0n) is 14.6. The van der Waals surface area contributed by atoms with Crippen LogP contribution in [0.15, 0.2) is 42.5 Å². The van der Waals surface area contributed by atoms with E-state index in [1.807, 2.05) is 42.5 Å². The first-order chi connectivity index (χ1) is 11.6. The van der Waals surface area contributed by atoms with Crippen molar-refractivity contribution in [3.63, 3.8) is 0 Å². The van der Waals surface area contributed by atoms with E-state index < -0.39 is 0 Å². The molecule has 0 aliphatic carbocycles. The van der Waals surface area contributed by atoms with Gasteiger partial charge < -0.3 is 5.32 Å². The number of unbranched alkanes of at least 4 members (excludes halogenated alkanes) is 3. The lowest BCUT2D eigenvalue weighted by Crippen LogP contribution is -2.08. The topological polar surface area (TPSA) is 29.1 Å². The Morgan fingerprint density at radius 2 is 1.54 bits per heavy atom. The van der Waals surface area contributed by atoms with E-state index in [-0.39, 0.29) is 5.78 Å². The molecule has 0 fully saturated rings. The van der Waals surface area contributed by atoms with Gasteiger partial charge in [-0.2, -0.15) is 12.6 Å². The lowest BCUT2D eigenvalue weighted by Gasteiger charge is -2.14. The van der Waals surface area contributed by atoms with Crippen LogP contribution >= 0.6 is 12.6 Å². The lowest BCUT2D eigenvalue weighted by atomic mass is 9.98. The second-order valence-corrected chi connectivity index (χ2v) is 6.69. The average Bonchev–Trinajstić information content (AvgIpc) is 2.59. The van der Waals surface area contributed by atoms with E-state index in [1.165, 1.54) is 19.3 Å². The van der Waals surface area contributed by atoms with Gasteiger partial charge in [0.25, 0.3) is 0 Å².